The van der Waals surface area contributed by atoms with E-state index in [9.17, 15) is 0 Å². The fourth-order valence-electron chi connectivity index (χ4n) is 1.99. The van der Waals surface area contributed by atoms with Crippen molar-refractivity contribution in [3.8, 4) is 0 Å². The number of aliphatic hydroxyl groups is 1. The number of aromatic nitrogens is 2. The average Bonchev–Trinajstić information content (AvgIpc) is 2.22. The maximum atomic E-state index is 8.99. The van der Waals surface area contributed by atoms with Gasteiger partial charge in [0.05, 0.1) is 12.3 Å². The van der Waals surface area contributed by atoms with Gasteiger partial charge in [0.2, 0.25) is 5.95 Å². The highest BCUT2D eigenvalue weighted by Gasteiger charge is 2.28. The Kier molecular flexibility index (Phi) is 3.36. The number of hydrogen-bond acceptors (Lipinski definition) is 5. The summed E-state index contributed by atoms with van der Waals surface area (Å²) in [5.74, 6) is 1.44. The summed E-state index contributed by atoms with van der Waals surface area (Å²) in [5.41, 5.74) is 0.682. The lowest BCUT2D eigenvalue weighted by Gasteiger charge is -2.40. The molecule has 0 unspecified atom stereocenters. The van der Waals surface area contributed by atoms with Crippen molar-refractivity contribution in [3.05, 3.63) is 18.0 Å². The van der Waals surface area contributed by atoms with Gasteiger partial charge in [0.15, 0.2) is 0 Å². The zero-order valence-electron chi connectivity index (χ0n) is 9.80. The van der Waals surface area contributed by atoms with Gasteiger partial charge in [0.25, 0.3) is 0 Å². The molecule has 2 rings (SSSR count). The number of aliphatic hydroxyl groups excluding tert-OH is 1. The molecule has 1 N–H and O–H groups in total. The highest BCUT2D eigenvalue weighted by molar-refractivity contribution is 5.34. The van der Waals surface area contributed by atoms with Crippen LogP contribution in [0.2, 0.25) is 0 Å². The second kappa shape index (κ2) is 4.76. The van der Waals surface area contributed by atoms with E-state index in [1.54, 1.807) is 12.3 Å². The van der Waals surface area contributed by atoms with E-state index in [-0.39, 0.29) is 6.61 Å². The van der Waals surface area contributed by atoms with E-state index < -0.39 is 0 Å². The molecule has 5 nitrogen and oxygen atoms in total. The topological polar surface area (TPSA) is 52.5 Å². The lowest BCUT2D eigenvalue weighted by atomic mass is 10.0. The number of anilines is 1. The van der Waals surface area contributed by atoms with Gasteiger partial charge in [-0.25, -0.2) is 9.97 Å². The van der Waals surface area contributed by atoms with E-state index in [2.05, 4.69) is 33.9 Å². The van der Waals surface area contributed by atoms with Crippen molar-refractivity contribution in [2.75, 3.05) is 38.6 Å². The van der Waals surface area contributed by atoms with E-state index in [4.69, 9.17) is 5.11 Å². The van der Waals surface area contributed by atoms with Gasteiger partial charge >= 0.3 is 0 Å². The Morgan fingerprint density at radius 2 is 2.25 bits per heavy atom. The average molecular weight is 222 g/mol. The summed E-state index contributed by atoms with van der Waals surface area (Å²) in [4.78, 5) is 12.8. The number of rotatable bonds is 4. The second-order valence-electron chi connectivity index (χ2n) is 4.54. The quantitative estimate of drug-likeness (QED) is 0.775. The molecule has 0 spiro atoms. The van der Waals surface area contributed by atoms with E-state index in [1.807, 2.05) is 0 Å². The zero-order chi connectivity index (χ0) is 11.5. The van der Waals surface area contributed by atoms with Gasteiger partial charge in [0.1, 0.15) is 0 Å². The first-order valence-electron chi connectivity index (χ1n) is 5.51. The third-order valence-corrected chi connectivity index (χ3v) is 2.73. The molecule has 0 saturated carbocycles. The third kappa shape index (κ3) is 2.48. The summed E-state index contributed by atoms with van der Waals surface area (Å²) in [5, 5.41) is 8.99. The standard InChI is InChI=1S/C11H18N4O/c1-14(2)5-9-6-15(7-9)11-12-4-3-10(8-16)13-11/h3-4,9,16H,5-8H2,1-2H3. The lowest BCUT2D eigenvalue weighted by molar-refractivity contribution is 0.273. The molecule has 1 saturated heterocycles. The van der Waals surface area contributed by atoms with E-state index in [0.717, 1.165) is 25.6 Å². The molecule has 0 bridgehead atoms. The van der Waals surface area contributed by atoms with Gasteiger partial charge in [-0.15, -0.1) is 0 Å². The van der Waals surface area contributed by atoms with Crippen LogP contribution in [0.4, 0.5) is 5.95 Å². The van der Waals surface area contributed by atoms with Crippen LogP contribution < -0.4 is 4.90 Å². The summed E-state index contributed by atoms with van der Waals surface area (Å²) in [6.07, 6.45) is 1.70. The zero-order valence-corrected chi connectivity index (χ0v) is 9.80. The molecule has 16 heavy (non-hydrogen) atoms. The predicted molar refractivity (Wildman–Crippen MR) is 62.2 cm³/mol. The molecule has 88 valence electrons. The summed E-state index contributed by atoms with van der Waals surface area (Å²) >= 11 is 0. The monoisotopic (exact) mass is 222 g/mol. The van der Waals surface area contributed by atoms with Crippen molar-refractivity contribution in [1.82, 2.24) is 14.9 Å². The van der Waals surface area contributed by atoms with Crippen LogP contribution in [-0.2, 0) is 6.61 Å². The first kappa shape index (κ1) is 11.3. The molecular formula is C11H18N4O. The molecule has 2 heterocycles. The van der Waals surface area contributed by atoms with Crippen molar-refractivity contribution in [1.29, 1.82) is 0 Å². The van der Waals surface area contributed by atoms with Gasteiger partial charge in [-0.2, -0.15) is 0 Å². The molecule has 1 aliphatic rings. The molecule has 1 aliphatic heterocycles. The maximum Gasteiger partial charge on any atom is 0.225 e. The third-order valence-electron chi connectivity index (χ3n) is 2.73. The molecule has 0 radical (unpaired) electrons. The van der Waals surface area contributed by atoms with Crippen LogP contribution in [0.15, 0.2) is 12.3 Å². The van der Waals surface area contributed by atoms with Crippen LogP contribution in [0, 0.1) is 5.92 Å². The largest absolute Gasteiger partial charge is 0.390 e. The van der Waals surface area contributed by atoms with Crippen LogP contribution in [0.3, 0.4) is 0 Å². The van der Waals surface area contributed by atoms with E-state index >= 15 is 0 Å². The van der Waals surface area contributed by atoms with Gasteiger partial charge in [-0.05, 0) is 20.2 Å². The number of nitrogens with zero attached hydrogens (tertiary/aromatic N) is 4. The van der Waals surface area contributed by atoms with Gasteiger partial charge < -0.3 is 14.9 Å². The van der Waals surface area contributed by atoms with Gasteiger partial charge in [0, 0.05) is 31.7 Å². The molecule has 5 heteroatoms. The lowest BCUT2D eigenvalue weighted by Crippen LogP contribution is -2.51. The van der Waals surface area contributed by atoms with Crippen LogP contribution in [0.1, 0.15) is 5.69 Å². The van der Waals surface area contributed by atoms with Gasteiger partial charge in [-0.1, -0.05) is 0 Å². The summed E-state index contributed by atoms with van der Waals surface area (Å²) in [7, 11) is 4.18. The highest BCUT2D eigenvalue weighted by atomic mass is 16.3. The fourth-order valence-corrected chi connectivity index (χ4v) is 1.99. The molecule has 1 fully saturated rings. The maximum absolute atomic E-state index is 8.99. The minimum atomic E-state index is -0.0233. The van der Waals surface area contributed by atoms with E-state index in [1.165, 1.54) is 0 Å². The van der Waals surface area contributed by atoms with Crippen LogP contribution >= 0.6 is 0 Å². The van der Waals surface area contributed by atoms with Crippen molar-refractivity contribution in [2.45, 2.75) is 6.61 Å². The van der Waals surface area contributed by atoms with E-state index in [0.29, 0.717) is 11.6 Å². The summed E-state index contributed by atoms with van der Waals surface area (Å²) in [6.45, 7) is 3.10. The molecule has 0 aromatic carbocycles. The van der Waals surface area contributed by atoms with Crippen molar-refractivity contribution < 1.29 is 5.11 Å². The Bertz CT molecular complexity index is 350. The van der Waals surface area contributed by atoms with Crippen LogP contribution in [0.5, 0.6) is 0 Å². The van der Waals surface area contributed by atoms with Crippen LogP contribution in [0.25, 0.3) is 0 Å². The Morgan fingerprint density at radius 3 is 2.88 bits per heavy atom. The molecule has 1 aromatic heterocycles. The first-order chi connectivity index (χ1) is 7.69. The van der Waals surface area contributed by atoms with Crippen molar-refractivity contribution >= 4 is 5.95 Å². The highest BCUT2D eigenvalue weighted by Crippen LogP contribution is 2.21. The normalized spacial score (nSPS) is 16.6. The van der Waals surface area contributed by atoms with Crippen molar-refractivity contribution in [3.63, 3.8) is 0 Å². The molecular weight excluding hydrogens is 204 g/mol. The Labute approximate surface area is 95.7 Å². The Balaban J connectivity index is 1.91. The fraction of sp³-hybridized carbons (Fsp3) is 0.636. The minimum absolute atomic E-state index is 0.0233. The molecule has 1 aromatic rings. The first-order valence-corrected chi connectivity index (χ1v) is 5.51. The van der Waals surface area contributed by atoms with Gasteiger partial charge in [-0.3, -0.25) is 0 Å². The predicted octanol–water partition coefficient (Wildman–Crippen LogP) is -0.0333. The Morgan fingerprint density at radius 1 is 1.50 bits per heavy atom. The number of hydrogen-bond donors (Lipinski definition) is 1. The molecule has 0 atom stereocenters. The molecule has 0 amide bonds. The summed E-state index contributed by atoms with van der Waals surface area (Å²) in [6, 6.07) is 1.74. The SMILES string of the molecule is CN(C)CC1CN(c2nccc(CO)n2)C1. The van der Waals surface area contributed by atoms with Crippen molar-refractivity contribution in [2.24, 2.45) is 5.92 Å². The summed E-state index contributed by atoms with van der Waals surface area (Å²) < 4.78 is 0. The minimum Gasteiger partial charge on any atom is -0.390 e. The Hall–Kier alpha value is -1.20. The molecule has 0 aliphatic carbocycles. The van der Waals surface area contributed by atoms with Crippen LogP contribution in [-0.4, -0.2) is 53.7 Å². The second-order valence-corrected chi connectivity index (χ2v) is 4.54. The smallest absolute Gasteiger partial charge is 0.225 e.